The summed E-state index contributed by atoms with van der Waals surface area (Å²) >= 11 is 0. The molecule has 2 bridgehead atoms. The highest BCUT2D eigenvalue weighted by atomic mass is 16.7. The largest absolute Gasteiger partial charge is 0.456 e. The molecule has 330 valence electrons. The van der Waals surface area contributed by atoms with Gasteiger partial charge < -0.3 is 49.4 Å². The fraction of sp³-hybridized carbons (Fsp3) is 0.773. The number of fused-ring (bicyclic) bond motifs is 3. The molecule has 14 nitrogen and oxygen atoms in total. The molecule has 14 atom stereocenters. The molecule has 0 unspecified atom stereocenters. The van der Waals surface area contributed by atoms with Crippen LogP contribution in [-0.2, 0) is 42.9 Å². The Morgan fingerprint density at radius 1 is 0.931 bits per heavy atom. The number of carbonyl (C=O) groups excluding carboxylic acids is 4. The summed E-state index contributed by atoms with van der Waals surface area (Å²) in [4.78, 5) is 57.8. The number of esters is 1. The Bertz CT molecular complexity index is 1480. The van der Waals surface area contributed by atoms with Gasteiger partial charge in [-0.15, -0.1) is 6.58 Å². The smallest absolute Gasteiger partial charge is 0.329 e. The van der Waals surface area contributed by atoms with Gasteiger partial charge >= 0.3 is 5.97 Å². The van der Waals surface area contributed by atoms with Crippen molar-refractivity contribution in [1.29, 1.82) is 0 Å². The van der Waals surface area contributed by atoms with Crippen molar-refractivity contribution in [2.45, 2.75) is 160 Å². The van der Waals surface area contributed by atoms with Crippen molar-refractivity contribution >= 4 is 23.4 Å². The number of aliphatic hydroxyl groups excluding tert-OH is 2. The van der Waals surface area contributed by atoms with Crippen LogP contribution in [0.1, 0.15) is 105 Å². The molecule has 0 aromatic heterocycles. The Hall–Kier alpha value is -2.82. The van der Waals surface area contributed by atoms with E-state index in [2.05, 4.69) is 6.58 Å². The first-order chi connectivity index (χ1) is 27.0. The SMILES string of the molecule is C=CC[C@@H]1C=C(C)C[C@H](C)C[C@H](OC)[C@H]2O[C@@](O)(C(=O)C(=O)N3CCCC[C@H]3C(=O)O[C@H](C(C)=C[C@@H]3CC[C@@H](O)[C@H](OC)C3)[C@H](C)[C@@H](O)CC1=O)[C@H](C)C[C@@H]2OC.O. The maximum absolute atomic E-state index is 14.3. The highest BCUT2D eigenvalue weighted by Crippen LogP contribution is 2.39. The molecule has 2 saturated heterocycles. The number of ether oxygens (including phenoxy) is 5. The van der Waals surface area contributed by atoms with E-state index in [4.69, 9.17) is 23.7 Å². The van der Waals surface area contributed by atoms with Crippen molar-refractivity contribution in [3.63, 3.8) is 0 Å². The first-order valence-electron chi connectivity index (χ1n) is 20.9. The molecule has 0 spiro atoms. The van der Waals surface area contributed by atoms with Crippen LogP contribution >= 0.6 is 0 Å². The Morgan fingerprint density at radius 3 is 2.22 bits per heavy atom. The molecule has 1 amide bonds. The lowest BCUT2D eigenvalue weighted by molar-refractivity contribution is -0.302. The zero-order valence-electron chi connectivity index (χ0n) is 35.9. The van der Waals surface area contributed by atoms with Gasteiger partial charge in [0.2, 0.25) is 5.79 Å². The van der Waals surface area contributed by atoms with Crippen LogP contribution < -0.4 is 0 Å². The molecule has 1 aliphatic carbocycles. The van der Waals surface area contributed by atoms with Gasteiger partial charge in [-0.25, -0.2) is 4.79 Å². The summed E-state index contributed by atoms with van der Waals surface area (Å²) in [7, 11) is 4.61. The van der Waals surface area contributed by atoms with E-state index in [0.29, 0.717) is 56.9 Å². The van der Waals surface area contributed by atoms with E-state index in [-0.39, 0.29) is 55.0 Å². The van der Waals surface area contributed by atoms with E-state index in [1.54, 1.807) is 27.0 Å². The molecule has 3 fully saturated rings. The van der Waals surface area contributed by atoms with Crippen molar-refractivity contribution in [2.75, 3.05) is 27.9 Å². The third-order valence-corrected chi connectivity index (χ3v) is 12.9. The minimum Gasteiger partial charge on any atom is -0.456 e. The molecular weight excluding hydrogens is 750 g/mol. The fourth-order valence-corrected chi connectivity index (χ4v) is 9.42. The Morgan fingerprint density at radius 2 is 1.59 bits per heavy atom. The maximum atomic E-state index is 14.3. The van der Waals surface area contributed by atoms with E-state index in [0.717, 1.165) is 5.57 Å². The number of nitrogens with zero attached hydrogens (tertiary/aromatic N) is 1. The number of methoxy groups -OCH3 is 3. The molecule has 0 aromatic rings. The molecule has 4 rings (SSSR count). The number of carbonyl (C=O) groups is 4. The van der Waals surface area contributed by atoms with Crippen LogP contribution in [0.25, 0.3) is 0 Å². The average Bonchev–Trinajstić information content (AvgIpc) is 3.18. The number of rotatable bonds is 7. The third kappa shape index (κ3) is 11.7. The van der Waals surface area contributed by atoms with Crippen molar-refractivity contribution < 1.29 is 63.7 Å². The third-order valence-electron chi connectivity index (χ3n) is 12.9. The first kappa shape index (κ1) is 49.5. The summed E-state index contributed by atoms with van der Waals surface area (Å²) in [6.07, 6.45) is 4.93. The van der Waals surface area contributed by atoms with Crippen LogP contribution in [-0.4, -0.2) is 132 Å². The summed E-state index contributed by atoms with van der Waals surface area (Å²) in [5.41, 5.74) is 1.61. The van der Waals surface area contributed by atoms with Gasteiger partial charge in [-0.3, -0.25) is 14.4 Å². The van der Waals surface area contributed by atoms with Crippen LogP contribution in [0, 0.1) is 29.6 Å². The topological polar surface area (TPSA) is 210 Å². The van der Waals surface area contributed by atoms with Crippen molar-refractivity contribution in [2.24, 2.45) is 29.6 Å². The van der Waals surface area contributed by atoms with E-state index in [1.807, 2.05) is 32.9 Å². The summed E-state index contributed by atoms with van der Waals surface area (Å²) < 4.78 is 29.7. The standard InChI is InChI=1S/C44H69NO12.H2O/c1-10-13-31-19-25(2)18-26(3)20-37(54-8)40-38(55-9)22-28(5)44(52,57-40)41(49)42(50)45-17-12-11-14-32(45)43(51)56-39(29(6)34(47)24-35(31)48)27(4)21-30-15-16-33(46)36(23-30)53-7;/h10,19,21,26,28-34,36-40,46-47,52H,1,11-18,20,22-24H2,2-9H3;1H2/t26-,28+,29+,30-,31+,32-,33+,34-,36+,37-,38-,39+,40+,44+;/m0./s1. The molecular formula is C44H71NO13. The molecule has 4 aliphatic rings. The van der Waals surface area contributed by atoms with Crippen LogP contribution in [0.2, 0.25) is 0 Å². The molecule has 58 heavy (non-hydrogen) atoms. The van der Waals surface area contributed by atoms with E-state index in [9.17, 15) is 34.5 Å². The minimum absolute atomic E-state index is 0. The number of amides is 1. The van der Waals surface area contributed by atoms with Crippen LogP contribution in [0.4, 0.5) is 0 Å². The number of aliphatic hydroxyl groups is 3. The average molecular weight is 822 g/mol. The monoisotopic (exact) mass is 821 g/mol. The van der Waals surface area contributed by atoms with Gasteiger partial charge in [-0.2, -0.15) is 0 Å². The lowest BCUT2D eigenvalue weighted by Gasteiger charge is -2.47. The fourth-order valence-electron chi connectivity index (χ4n) is 9.42. The summed E-state index contributed by atoms with van der Waals surface area (Å²) in [5.74, 6) is -7.76. The predicted molar refractivity (Wildman–Crippen MR) is 216 cm³/mol. The molecule has 0 radical (unpaired) electrons. The molecule has 0 aromatic carbocycles. The number of ketones is 2. The number of Topliss-reactive ketones (excluding diaryl/α,β-unsaturated/α-hetero) is 2. The van der Waals surface area contributed by atoms with Crippen molar-refractivity contribution in [3.8, 4) is 0 Å². The van der Waals surface area contributed by atoms with Crippen LogP contribution in [0.5, 0.6) is 0 Å². The van der Waals surface area contributed by atoms with E-state index in [1.165, 1.54) is 19.1 Å². The van der Waals surface area contributed by atoms with Gasteiger partial charge in [0, 0.05) is 52.0 Å². The second-order valence-corrected chi connectivity index (χ2v) is 17.3. The van der Waals surface area contributed by atoms with Gasteiger partial charge in [-0.1, -0.05) is 44.6 Å². The lowest BCUT2D eigenvalue weighted by Crippen LogP contribution is -2.64. The number of hydrogen-bond acceptors (Lipinski definition) is 12. The molecule has 3 heterocycles. The van der Waals surface area contributed by atoms with Gasteiger partial charge in [-0.05, 0) is 95.5 Å². The lowest BCUT2D eigenvalue weighted by atomic mass is 9.81. The molecule has 14 heteroatoms. The van der Waals surface area contributed by atoms with E-state index >= 15 is 0 Å². The molecule has 5 N–H and O–H groups in total. The van der Waals surface area contributed by atoms with Gasteiger partial charge in [0.05, 0.1) is 30.5 Å². The van der Waals surface area contributed by atoms with Crippen LogP contribution in [0.3, 0.4) is 0 Å². The van der Waals surface area contributed by atoms with Crippen LogP contribution in [0.15, 0.2) is 36.0 Å². The number of hydrogen-bond donors (Lipinski definition) is 3. The summed E-state index contributed by atoms with van der Waals surface area (Å²) in [6, 6.07) is -1.14. The number of allylic oxidation sites excluding steroid dienone is 4. The van der Waals surface area contributed by atoms with E-state index < -0.39 is 83.9 Å². The summed E-state index contributed by atoms with van der Waals surface area (Å²) in [6.45, 7) is 13.1. The second kappa shape index (κ2) is 22.1. The van der Waals surface area contributed by atoms with Crippen molar-refractivity contribution in [1.82, 2.24) is 4.90 Å². The Labute approximate surface area is 344 Å². The Balaban J connectivity index is 0.00000900. The highest BCUT2D eigenvalue weighted by molar-refractivity contribution is 6.39. The minimum atomic E-state index is -2.51. The normalized spacial score (nSPS) is 39.4. The number of cyclic esters (lactones) is 1. The maximum Gasteiger partial charge on any atom is 0.329 e. The van der Waals surface area contributed by atoms with Gasteiger partial charge in [0.15, 0.2) is 0 Å². The highest BCUT2D eigenvalue weighted by Gasteiger charge is 2.56. The zero-order chi connectivity index (χ0) is 42.2. The first-order valence-corrected chi connectivity index (χ1v) is 20.9. The number of piperidine rings is 1. The van der Waals surface area contributed by atoms with Gasteiger partial charge in [0.25, 0.3) is 11.7 Å². The van der Waals surface area contributed by atoms with Gasteiger partial charge in [0.1, 0.15) is 24.0 Å². The zero-order valence-corrected chi connectivity index (χ0v) is 35.9. The second-order valence-electron chi connectivity index (χ2n) is 17.3. The Kier molecular flexibility index (Phi) is 18.9. The summed E-state index contributed by atoms with van der Waals surface area (Å²) in [5, 5.41) is 34.1. The quantitative estimate of drug-likeness (QED) is 0.190. The molecule has 3 aliphatic heterocycles. The molecule has 1 saturated carbocycles. The van der Waals surface area contributed by atoms with Crippen molar-refractivity contribution in [3.05, 3.63) is 36.0 Å². The predicted octanol–water partition coefficient (Wildman–Crippen LogP) is 3.81.